The highest BCUT2D eigenvalue weighted by atomic mass is 35.5. The molecule has 0 spiro atoms. The number of alkyl carbamates (subject to hydrolysis) is 1. The summed E-state index contributed by atoms with van der Waals surface area (Å²) in [6.45, 7) is 1.58. The predicted molar refractivity (Wildman–Crippen MR) is 113 cm³/mol. The van der Waals surface area contributed by atoms with Crippen LogP contribution in [0.15, 0.2) is 60.7 Å². The molecule has 3 amide bonds. The number of amides is 3. The minimum atomic E-state index is -0.770. The van der Waals surface area contributed by atoms with Crippen molar-refractivity contribution in [1.29, 1.82) is 0 Å². The first-order valence-electron chi connectivity index (χ1n) is 9.77. The number of piperazine rings is 1. The van der Waals surface area contributed by atoms with E-state index in [1.807, 2.05) is 60.7 Å². The first-order chi connectivity index (χ1) is 14.5. The van der Waals surface area contributed by atoms with Crippen molar-refractivity contribution in [3.63, 3.8) is 0 Å². The first-order valence-corrected chi connectivity index (χ1v) is 10.1. The molecule has 2 aromatic carbocycles. The van der Waals surface area contributed by atoms with Crippen LogP contribution in [0.4, 0.5) is 9.59 Å². The molecule has 0 aromatic heterocycles. The lowest BCUT2D eigenvalue weighted by Crippen LogP contribution is -2.55. The van der Waals surface area contributed by atoms with Crippen LogP contribution in [0.2, 0.25) is 0 Å². The van der Waals surface area contributed by atoms with Crippen molar-refractivity contribution in [2.24, 2.45) is 0 Å². The molecule has 1 fully saturated rings. The van der Waals surface area contributed by atoms with Crippen molar-refractivity contribution in [2.75, 3.05) is 26.2 Å². The van der Waals surface area contributed by atoms with Gasteiger partial charge < -0.3 is 19.9 Å². The van der Waals surface area contributed by atoms with Gasteiger partial charge in [0, 0.05) is 32.6 Å². The Kier molecular flexibility index (Phi) is 7.68. The topological polar surface area (TPSA) is 79.0 Å². The molecule has 1 heterocycles. The number of nitrogens with zero attached hydrogens (tertiary/aromatic N) is 2. The third-order valence-corrected chi connectivity index (χ3v) is 5.16. The Labute approximate surface area is 180 Å². The zero-order valence-electron chi connectivity index (χ0n) is 16.5. The molecule has 158 valence electrons. The molecule has 1 unspecified atom stereocenters. The minimum absolute atomic E-state index is 0.120. The fourth-order valence-electron chi connectivity index (χ4n) is 3.28. The van der Waals surface area contributed by atoms with E-state index in [9.17, 15) is 14.4 Å². The van der Waals surface area contributed by atoms with Crippen LogP contribution in [0.5, 0.6) is 0 Å². The van der Waals surface area contributed by atoms with Crippen molar-refractivity contribution in [3.8, 4) is 0 Å². The maximum atomic E-state index is 13.1. The SMILES string of the molecule is O=C(NC(Cc1ccccc1)C(=O)N1CCN(C(=O)Cl)CC1)OCc1ccccc1. The molecular weight excluding hydrogens is 406 g/mol. The fraction of sp³-hybridized carbons (Fsp3) is 0.318. The average molecular weight is 430 g/mol. The van der Waals surface area contributed by atoms with Gasteiger partial charge in [-0.25, -0.2) is 4.79 Å². The van der Waals surface area contributed by atoms with Crippen LogP contribution in [0, 0.1) is 0 Å². The fourth-order valence-corrected chi connectivity index (χ4v) is 3.45. The minimum Gasteiger partial charge on any atom is -0.445 e. The summed E-state index contributed by atoms with van der Waals surface area (Å²) in [4.78, 5) is 39.9. The summed E-state index contributed by atoms with van der Waals surface area (Å²) in [7, 11) is 0. The molecule has 1 aliphatic heterocycles. The maximum absolute atomic E-state index is 13.1. The van der Waals surface area contributed by atoms with E-state index < -0.39 is 17.5 Å². The van der Waals surface area contributed by atoms with E-state index in [0.29, 0.717) is 32.6 Å². The van der Waals surface area contributed by atoms with Gasteiger partial charge in [0.05, 0.1) is 0 Å². The molecule has 0 saturated carbocycles. The number of hydrogen-bond acceptors (Lipinski definition) is 4. The Hall–Kier alpha value is -3.06. The van der Waals surface area contributed by atoms with E-state index in [-0.39, 0.29) is 12.5 Å². The van der Waals surface area contributed by atoms with Crippen LogP contribution < -0.4 is 5.32 Å². The summed E-state index contributed by atoms with van der Waals surface area (Å²) in [5.74, 6) is -0.211. The molecule has 8 heteroatoms. The summed E-state index contributed by atoms with van der Waals surface area (Å²) in [6, 6.07) is 18.0. The molecule has 1 saturated heterocycles. The summed E-state index contributed by atoms with van der Waals surface area (Å²) in [5, 5.41) is 2.19. The van der Waals surface area contributed by atoms with E-state index >= 15 is 0 Å². The Bertz CT molecular complexity index is 855. The van der Waals surface area contributed by atoms with Gasteiger partial charge >= 0.3 is 11.5 Å². The van der Waals surface area contributed by atoms with Gasteiger partial charge in [-0.1, -0.05) is 60.7 Å². The summed E-state index contributed by atoms with van der Waals surface area (Å²) in [5.41, 5.74) is 1.79. The van der Waals surface area contributed by atoms with Gasteiger partial charge in [-0.3, -0.25) is 9.59 Å². The molecule has 7 nitrogen and oxygen atoms in total. The number of nitrogens with one attached hydrogen (secondary N) is 1. The van der Waals surface area contributed by atoms with Gasteiger partial charge in [0.25, 0.3) is 0 Å². The molecule has 30 heavy (non-hydrogen) atoms. The van der Waals surface area contributed by atoms with Crippen LogP contribution in [-0.4, -0.2) is 59.4 Å². The van der Waals surface area contributed by atoms with Crippen LogP contribution in [0.1, 0.15) is 11.1 Å². The lowest BCUT2D eigenvalue weighted by Gasteiger charge is -2.35. The monoisotopic (exact) mass is 429 g/mol. The summed E-state index contributed by atoms with van der Waals surface area (Å²) in [6.07, 6.45) is -0.308. The zero-order valence-corrected chi connectivity index (χ0v) is 17.3. The van der Waals surface area contributed by atoms with Gasteiger partial charge in [0.1, 0.15) is 12.6 Å². The number of carbonyl (C=O) groups is 3. The second kappa shape index (κ2) is 10.6. The third-order valence-electron chi connectivity index (χ3n) is 4.93. The number of benzene rings is 2. The molecule has 2 aromatic rings. The quantitative estimate of drug-likeness (QED) is 0.565. The Balaban J connectivity index is 1.63. The average Bonchev–Trinajstić information content (AvgIpc) is 2.78. The lowest BCUT2D eigenvalue weighted by molar-refractivity contribution is -0.134. The first kappa shape index (κ1) is 21.6. The second-order valence-corrected chi connectivity index (χ2v) is 7.34. The standard InChI is InChI=1S/C22H24ClN3O4/c23-21(28)26-13-11-25(12-14-26)20(27)19(15-17-7-3-1-4-8-17)24-22(29)30-16-18-9-5-2-6-10-18/h1-10,19H,11-16H2,(H,24,29). The highest BCUT2D eigenvalue weighted by molar-refractivity contribution is 6.62. The zero-order chi connectivity index (χ0) is 21.3. The number of carbonyl (C=O) groups excluding carboxylic acids is 3. The van der Waals surface area contributed by atoms with Gasteiger partial charge in [-0.05, 0) is 22.7 Å². The molecule has 3 rings (SSSR count). The highest BCUT2D eigenvalue weighted by Crippen LogP contribution is 2.11. The number of halogens is 1. The van der Waals surface area contributed by atoms with Crippen LogP contribution in [-0.2, 0) is 22.6 Å². The van der Waals surface area contributed by atoms with E-state index in [4.69, 9.17) is 16.3 Å². The summed E-state index contributed by atoms with van der Waals surface area (Å²) >= 11 is 5.52. The van der Waals surface area contributed by atoms with E-state index in [1.54, 1.807) is 4.90 Å². The largest absolute Gasteiger partial charge is 0.445 e. The van der Waals surface area contributed by atoms with E-state index in [0.717, 1.165) is 11.1 Å². The van der Waals surface area contributed by atoms with E-state index in [2.05, 4.69) is 5.32 Å². The van der Waals surface area contributed by atoms with Crippen molar-refractivity contribution in [3.05, 3.63) is 71.8 Å². The van der Waals surface area contributed by atoms with Crippen LogP contribution in [0.25, 0.3) is 0 Å². The molecule has 1 N–H and O–H groups in total. The normalized spacial score (nSPS) is 14.7. The van der Waals surface area contributed by atoms with Gasteiger partial charge in [-0.15, -0.1) is 0 Å². The van der Waals surface area contributed by atoms with Crippen molar-refractivity contribution in [2.45, 2.75) is 19.1 Å². The maximum Gasteiger partial charge on any atom is 0.408 e. The Morgan fingerprint density at radius 3 is 1.97 bits per heavy atom. The molecule has 1 aliphatic rings. The smallest absolute Gasteiger partial charge is 0.408 e. The Morgan fingerprint density at radius 1 is 0.867 bits per heavy atom. The molecule has 0 aliphatic carbocycles. The lowest BCUT2D eigenvalue weighted by atomic mass is 10.0. The van der Waals surface area contributed by atoms with Crippen molar-refractivity contribution < 1.29 is 19.1 Å². The van der Waals surface area contributed by atoms with Gasteiger partial charge in [0.2, 0.25) is 5.91 Å². The molecule has 1 atom stereocenters. The third kappa shape index (κ3) is 6.22. The highest BCUT2D eigenvalue weighted by Gasteiger charge is 2.30. The van der Waals surface area contributed by atoms with E-state index in [1.165, 1.54) is 4.90 Å². The van der Waals surface area contributed by atoms with Gasteiger partial charge in [-0.2, -0.15) is 0 Å². The number of hydrogen-bond donors (Lipinski definition) is 1. The molecule has 0 radical (unpaired) electrons. The van der Waals surface area contributed by atoms with Crippen molar-refractivity contribution in [1.82, 2.24) is 15.1 Å². The number of ether oxygens (including phenoxy) is 1. The molecule has 0 bridgehead atoms. The van der Waals surface area contributed by atoms with Gasteiger partial charge in [0.15, 0.2) is 0 Å². The summed E-state index contributed by atoms with van der Waals surface area (Å²) < 4.78 is 5.29. The predicted octanol–water partition coefficient (Wildman–Crippen LogP) is 3.03. The van der Waals surface area contributed by atoms with Crippen LogP contribution in [0.3, 0.4) is 0 Å². The Morgan fingerprint density at radius 2 is 1.40 bits per heavy atom. The second-order valence-electron chi connectivity index (χ2n) is 7.01. The van der Waals surface area contributed by atoms with Crippen LogP contribution >= 0.6 is 11.6 Å². The van der Waals surface area contributed by atoms with Crippen molar-refractivity contribution >= 4 is 29.0 Å². The number of rotatable bonds is 6. The molecular formula is C22H24ClN3O4.